The van der Waals surface area contributed by atoms with Crippen molar-refractivity contribution in [3.05, 3.63) is 35.1 Å². The van der Waals surface area contributed by atoms with Crippen LogP contribution in [0.5, 0.6) is 0 Å². The number of hydrogen-bond donors (Lipinski definition) is 0. The number of carbonyl (C=O) groups excluding carboxylic acids is 2. The predicted octanol–water partition coefficient (Wildman–Crippen LogP) is 0.714. The standard InChI is InChI=1S/C15H15FN2O4S/c1-10-2-3-11(8-13(10)16)14(19)12(9-17)15(20)18-4-6-23(21,22)7-5-18/h2-3,8,12H,4-7H2,1H3. The molecule has 0 spiro atoms. The number of rotatable bonds is 3. The first-order valence-electron chi connectivity index (χ1n) is 6.94. The molecule has 1 atom stereocenters. The van der Waals surface area contributed by atoms with Gasteiger partial charge in [0.2, 0.25) is 5.91 Å². The Bertz CT molecular complexity index is 784. The van der Waals surface area contributed by atoms with E-state index >= 15 is 0 Å². The van der Waals surface area contributed by atoms with Crippen LogP contribution in [0.15, 0.2) is 18.2 Å². The number of nitrogens with zero attached hydrogens (tertiary/aromatic N) is 2. The molecule has 8 heteroatoms. The van der Waals surface area contributed by atoms with Gasteiger partial charge in [0.15, 0.2) is 21.5 Å². The molecule has 23 heavy (non-hydrogen) atoms. The Morgan fingerprint density at radius 1 is 1.30 bits per heavy atom. The minimum Gasteiger partial charge on any atom is -0.339 e. The number of ketones is 1. The van der Waals surface area contributed by atoms with Gasteiger partial charge in [0.1, 0.15) is 5.82 Å². The fourth-order valence-electron chi connectivity index (χ4n) is 2.25. The van der Waals surface area contributed by atoms with Gasteiger partial charge < -0.3 is 4.90 Å². The van der Waals surface area contributed by atoms with Crippen molar-refractivity contribution >= 4 is 21.5 Å². The van der Waals surface area contributed by atoms with Crippen LogP contribution in [0.3, 0.4) is 0 Å². The monoisotopic (exact) mass is 338 g/mol. The van der Waals surface area contributed by atoms with E-state index in [9.17, 15) is 22.4 Å². The smallest absolute Gasteiger partial charge is 0.248 e. The molecule has 0 saturated carbocycles. The van der Waals surface area contributed by atoms with Gasteiger partial charge in [0, 0.05) is 18.7 Å². The summed E-state index contributed by atoms with van der Waals surface area (Å²) in [6.07, 6.45) is 0. The summed E-state index contributed by atoms with van der Waals surface area (Å²) < 4.78 is 36.3. The molecule has 6 nitrogen and oxygen atoms in total. The molecule has 1 fully saturated rings. The Morgan fingerprint density at radius 3 is 2.43 bits per heavy atom. The number of benzene rings is 1. The van der Waals surface area contributed by atoms with Crippen LogP contribution in [-0.4, -0.2) is 49.6 Å². The second kappa shape index (κ2) is 6.46. The Hall–Kier alpha value is -2.27. The Morgan fingerprint density at radius 2 is 1.91 bits per heavy atom. The fourth-order valence-corrected chi connectivity index (χ4v) is 3.46. The topological polar surface area (TPSA) is 95.3 Å². The van der Waals surface area contributed by atoms with Crippen LogP contribution in [0, 0.1) is 30.0 Å². The molecule has 1 amide bonds. The lowest BCUT2D eigenvalue weighted by atomic mass is 9.96. The normalized spacial score (nSPS) is 18.0. The summed E-state index contributed by atoms with van der Waals surface area (Å²) in [5, 5.41) is 9.16. The van der Waals surface area contributed by atoms with Crippen molar-refractivity contribution < 1.29 is 22.4 Å². The molecule has 1 aromatic carbocycles. The van der Waals surface area contributed by atoms with Crippen molar-refractivity contribution in [2.24, 2.45) is 5.92 Å². The molecule has 1 heterocycles. The molecule has 1 saturated heterocycles. The molecule has 1 aromatic rings. The number of aryl methyl sites for hydroxylation is 1. The summed E-state index contributed by atoms with van der Waals surface area (Å²) in [7, 11) is -3.18. The van der Waals surface area contributed by atoms with Crippen molar-refractivity contribution in [3.63, 3.8) is 0 Å². The van der Waals surface area contributed by atoms with E-state index in [4.69, 9.17) is 5.26 Å². The van der Waals surface area contributed by atoms with Gasteiger partial charge in [-0.2, -0.15) is 5.26 Å². The summed E-state index contributed by atoms with van der Waals surface area (Å²) in [6, 6.07) is 5.39. The van der Waals surface area contributed by atoms with Crippen LogP contribution in [0.4, 0.5) is 4.39 Å². The zero-order valence-corrected chi connectivity index (χ0v) is 13.3. The molecule has 0 radical (unpaired) electrons. The van der Waals surface area contributed by atoms with Crippen molar-refractivity contribution in [1.82, 2.24) is 4.90 Å². The lowest BCUT2D eigenvalue weighted by Crippen LogP contribution is -2.47. The number of carbonyl (C=O) groups is 2. The van der Waals surface area contributed by atoms with E-state index in [0.29, 0.717) is 5.56 Å². The van der Waals surface area contributed by atoms with Crippen LogP contribution in [0.25, 0.3) is 0 Å². The van der Waals surface area contributed by atoms with Gasteiger partial charge in [-0.1, -0.05) is 12.1 Å². The van der Waals surface area contributed by atoms with Gasteiger partial charge in [-0.05, 0) is 18.6 Å². The van der Waals surface area contributed by atoms with Gasteiger partial charge >= 0.3 is 0 Å². The van der Waals surface area contributed by atoms with Crippen molar-refractivity contribution in [1.29, 1.82) is 5.26 Å². The van der Waals surface area contributed by atoms with E-state index in [1.54, 1.807) is 6.07 Å². The molecule has 0 aliphatic carbocycles. The molecule has 1 aliphatic heterocycles. The van der Waals surface area contributed by atoms with E-state index in [-0.39, 0.29) is 30.2 Å². The zero-order chi connectivity index (χ0) is 17.2. The number of amides is 1. The van der Waals surface area contributed by atoms with Gasteiger partial charge in [-0.15, -0.1) is 0 Å². The molecule has 0 bridgehead atoms. The van der Waals surface area contributed by atoms with E-state index in [1.807, 2.05) is 0 Å². The zero-order valence-electron chi connectivity index (χ0n) is 12.5. The Kier molecular flexibility index (Phi) is 4.80. The highest BCUT2D eigenvalue weighted by Gasteiger charge is 2.34. The third-order valence-electron chi connectivity index (χ3n) is 3.75. The third kappa shape index (κ3) is 3.74. The first-order valence-corrected chi connectivity index (χ1v) is 8.76. The van der Waals surface area contributed by atoms with Crippen molar-refractivity contribution in [2.75, 3.05) is 24.6 Å². The van der Waals surface area contributed by atoms with Crippen LogP contribution >= 0.6 is 0 Å². The molecule has 2 rings (SSSR count). The highest BCUT2D eigenvalue weighted by atomic mass is 32.2. The molecule has 0 aromatic heterocycles. The minimum atomic E-state index is -3.18. The van der Waals surface area contributed by atoms with E-state index in [1.165, 1.54) is 24.0 Å². The number of halogens is 1. The van der Waals surface area contributed by atoms with Crippen LogP contribution in [0.1, 0.15) is 15.9 Å². The number of nitriles is 1. The molecule has 0 N–H and O–H groups in total. The second-order valence-electron chi connectivity index (χ2n) is 5.37. The van der Waals surface area contributed by atoms with E-state index < -0.39 is 33.3 Å². The number of sulfone groups is 1. The fraction of sp³-hybridized carbons (Fsp3) is 0.400. The average molecular weight is 338 g/mol. The van der Waals surface area contributed by atoms with Crippen LogP contribution in [-0.2, 0) is 14.6 Å². The highest BCUT2D eigenvalue weighted by molar-refractivity contribution is 7.91. The summed E-state index contributed by atoms with van der Waals surface area (Å²) in [5.41, 5.74) is 0.292. The van der Waals surface area contributed by atoms with Crippen molar-refractivity contribution in [2.45, 2.75) is 6.92 Å². The van der Waals surface area contributed by atoms with E-state index in [0.717, 1.165) is 6.07 Å². The highest BCUT2D eigenvalue weighted by Crippen LogP contribution is 2.16. The van der Waals surface area contributed by atoms with Gasteiger partial charge in [-0.25, -0.2) is 12.8 Å². The minimum absolute atomic E-state index is 0.0467. The summed E-state index contributed by atoms with van der Waals surface area (Å²) in [5.74, 6) is -4.10. The van der Waals surface area contributed by atoms with E-state index in [2.05, 4.69) is 0 Å². The molecule has 122 valence electrons. The maximum Gasteiger partial charge on any atom is 0.248 e. The Labute approximate surface area is 133 Å². The lowest BCUT2D eigenvalue weighted by Gasteiger charge is -2.28. The van der Waals surface area contributed by atoms with Crippen molar-refractivity contribution in [3.8, 4) is 6.07 Å². The number of hydrogen-bond acceptors (Lipinski definition) is 5. The largest absolute Gasteiger partial charge is 0.339 e. The SMILES string of the molecule is Cc1ccc(C(=O)C(C#N)C(=O)N2CCS(=O)(=O)CC2)cc1F. The Balaban J connectivity index is 2.19. The van der Waals surface area contributed by atoms with Crippen LogP contribution in [0.2, 0.25) is 0 Å². The van der Waals surface area contributed by atoms with Gasteiger partial charge in [-0.3, -0.25) is 9.59 Å². The molecular formula is C15H15FN2O4S. The molecule has 1 unspecified atom stereocenters. The maximum atomic E-state index is 13.6. The van der Waals surface area contributed by atoms with Crippen LogP contribution < -0.4 is 0 Å². The first-order chi connectivity index (χ1) is 10.7. The third-order valence-corrected chi connectivity index (χ3v) is 5.36. The lowest BCUT2D eigenvalue weighted by molar-refractivity contribution is -0.132. The number of Topliss-reactive ketones (excluding diaryl/α,β-unsaturated/α-hetero) is 1. The summed E-state index contributed by atoms with van der Waals surface area (Å²) in [4.78, 5) is 25.8. The molecule has 1 aliphatic rings. The predicted molar refractivity (Wildman–Crippen MR) is 79.8 cm³/mol. The average Bonchev–Trinajstić information content (AvgIpc) is 2.50. The van der Waals surface area contributed by atoms with Gasteiger partial charge in [0.25, 0.3) is 0 Å². The first kappa shape index (κ1) is 17.1. The van der Waals surface area contributed by atoms with Gasteiger partial charge in [0.05, 0.1) is 17.6 Å². The maximum absolute atomic E-state index is 13.6. The summed E-state index contributed by atoms with van der Waals surface area (Å²) in [6.45, 7) is 1.44. The summed E-state index contributed by atoms with van der Waals surface area (Å²) >= 11 is 0. The second-order valence-corrected chi connectivity index (χ2v) is 7.67. The quantitative estimate of drug-likeness (QED) is 0.597. The molecular weight excluding hydrogens is 323 g/mol.